The van der Waals surface area contributed by atoms with Gasteiger partial charge < -0.3 is 5.11 Å². The summed E-state index contributed by atoms with van der Waals surface area (Å²) in [5, 5.41) is 9.88. The molecule has 76 valence electrons. The zero-order valence-corrected chi connectivity index (χ0v) is 9.53. The van der Waals surface area contributed by atoms with Crippen LogP contribution < -0.4 is 0 Å². The van der Waals surface area contributed by atoms with Gasteiger partial charge in [0.05, 0.1) is 0 Å². The minimum absolute atomic E-state index is 0.393. The van der Waals surface area contributed by atoms with Crippen LogP contribution in [-0.2, 0) is 12.8 Å². The lowest BCUT2D eigenvalue weighted by atomic mass is 10.2. The molecule has 1 nitrogen and oxygen atoms in total. The lowest BCUT2D eigenvalue weighted by molar-refractivity contribution is 0.231. The molecule has 1 aliphatic rings. The predicted molar refractivity (Wildman–Crippen MR) is 60.7 cm³/mol. The van der Waals surface area contributed by atoms with Crippen molar-refractivity contribution in [1.29, 1.82) is 0 Å². The van der Waals surface area contributed by atoms with Crippen molar-refractivity contribution < 1.29 is 5.11 Å². The Balaban J connectivity index is 2.21. The molecule has 0 radical (unpaired) electrons. The van der Waals surface area contributed by atoms with Gasteiger partial charge in [-0.25, -0.2) is 0 Å². The van der Waals surface area contributed by atoms with Crippen LogP contribution in [-0.4, -0.2) is 5.11 Å². The van der Waals surface area contributed by atoms with Crippen LogP contribution in [0.15, 0.2) is 17.7 Å². The van der Waals surface area contributed by atoms with Crippen molar-refractivity contribution >= 4 is 11.3 Å². The van der Waals surface area contributed by atoms with Gasteiger partial charge in [-0.2, -0.15) is 0 Å². The van der Waals surface area contributed by atoms with E-state index in [1.165, 1.54) is 35.3 Å². The molecule has 1 aliphatic carbocycles. The molecule has 2 rings (SSSR count). The molecule has 1 aromatic rings. The summed E-state index contributed by atoms with van der Waals surface area (Å²) in [6.07, 6.45) is 5.23. The van der Waals surface area contributed by atoms with Crippen LogP contribution in [0, 0.1) is 0 Å². The van der Waals surface area contributed by atoms with Crippen molar-refractivity contribution in [2.24, 2.45) is 0 Å². The lowest BCUT2D eigenvalue weighted by Crippen LogP contribution is -1.90. The lowest BCUT2D eigenvalue weighted by Gasteiger charge is -2.02. The standard InChI is InChI=1S/C12H16OS/c1-8(2)6-10(13)12-7-9-4-3-5-11(9)14-12/h6-7,10,13H,3-5H2,1-2H3. The number of aliphatic hydroxyl groups is 1. The topological polar surface area (TPSA) is 20.2 Å². The number of thiophene rings is 1. The molecule has 0 spiro atoms. The van der Waals surface area contributed by atoms with Gasteiger partial charge in [0, 0.05) is 9.75 Å². The first-order valence-corrected chi connectivity index (χ1v) is 5.93. The molecule has 1 unspecified atom stereocenters. The largest absolute Gasteiger partial charge is 0.383 e. The third-order valence-corrected chi connectivity index (χ3v) is 3.86. The Morgan fingerprint density at radius 1 is 1.50 bits per heavy atom. The van der Waals surface area contributed by atoms with Crippen LogP contribution in [0.25, 0.3) is 0 Å². The fourth-order valence-electron chi connectivity index (χ4n) is 1.90. The van der Waals surface area contributed by atoms with E-state index in [0.717, 1.165) is 4.88 Å². The third kappa shape index (κ3) is 1.91. The molecule has 0 saturated carbocycles. The van der Waals surface area contributed by atoms with Crippen LogP contribution in [0.4, 0.5) is 0 Å². The summed E-state index contributed by atoms with van der Waals surface area (Å²) in [6, 6.07) is 2.18. The normalized spacial score (nSPS) is 16.5. The fourth-order valence-corrected chi connectivity index (χ4v) is 3.11. The van der Waals surface area contributed by atoms with Crippen molar-refractivity contribution in [3.63, 3.8) is 0 Å². The van der Waals surface area contributed by atoms with Gasteiger partial charge in [-0.1, -0.05) is 11.6 Å². The first-order valence-electron chi connectivity index (χ1n) is 5.11. The van der Waals surface area contributed by atoms with Crippen molar-refractivity contribution in [2.75, 3.05) is 0 Å². The summed E-state index contributed by atoms with van der Waals surface area (Å²) in [7, 11) is 0. The Bertz CT molecular complexity index is 337. The smallest absolute Gasteiger partial charge is 0.107 e. The Morgan fingerprint density at radius 2 is 2.29 bits per heavy atom. The number of hydrogen-bond acceptors (Lipinski definition) is 2. The van der Waals surface area contributed by atoms with Crippen LogP contribution in [0.2, 0.25) is 0 Å². The number of allylic oxidation sites excluding steroid dienone is 1. The van der Waals surface area contributed by atoms with Crippen molar-refractivity contribution in [3.05, 3.63) is 33.0 Å². The molecule has 1 aromatic heterocycles. The van der Waals surface area contributed by atoms with Gasteiger partial charge in [-0.3, -0.25) is 0 Å². The number of hydrogen-bond donors (Lipinski definition) is 1. The third-order valence-electron chi connectivity index (χ3n) is 2.55. The highest BCUT2D eigenvalue weighted by atomic mass is 32.1. The Kier molecular flexibility index (Phi) is 2.75. The van der Waals surface area contributed by atoms with Gasteiger partial charge in [0.1, 0.15) is 6.10 Å². The van der Waals surface area contributed by atoms with Crippen molar-refractivity contribution in [2.45, 2.75) is 39.2 Å². The second kappa shape index (κ2) is 3.87. The molecule has 0 aliphatic heterocycles. The Hall–Kier alpha value is -0.600. The second-order valence-corrected chi connectivity index (χ2v) is 5.31. The molecule has 0 bridgehead atoms. The SMILES string of the molecule is CC(C)=CC(O)c1cc2c(s1)CCC2. The first kappa shape index (κ1) is 9.94. The molecule has 0 aromatic carbocycles. The van der Waals surface area contributed by atoms with Gasteiger partial charge >= 0.3 is 0 Å². The number of aliphatic hydroxyl groups excluding tert-OH is 1. The predicted octanol–water partition coefficient (Wildman–Crippen LogP) is 3.24. The van der Waals surface area contributed by atoms with E-state index in [4.69, 9.17) is 0 Å². The quantitative estimate of drug-likeness (QED) is 0.740. The van der Waals surface area contributed by atoms with E-state index in [1.807, 2.05) is 19.9 Å². The number of rotatable bonds is 2. The van der Waals surface area contributed by atoms with E-state index in [1.54, 1.807) is 11.3 Å². The van der Waals surface area contributed by atoms with E-state index in [-0.39, 0.29) is 0 Å². The van der Waals surface area contributed by atoms with Crippen molar-refractivity contribution in [3.8, 4) is 0 Å². The zero-order valence-electron chi connectivity index (χ0n) is 8.71. The summed E-state index contributed by atoms with van der Waals surface area (Å²) < 4.78 is 0. The van der Waals surface area contributed by atoms with Crippen LogP contribution in [0.3, 0.4) is 0 Å². The maximum atomic E-state index is 9.88. The Labute approximate surface area is 89.1 Å². The average molecular weight is 208 g/mol. The summed E-state index contributed by atoms with van der Waals surface area (Å²) >= 11 is 1.78. The van der Waals surface area contributed by atoms with Gasteiger partial charge in [0.2, 0.25) is 0 Å². The van der Waals surface area contributed by atoms with E-state index >= 15 is 0 Å². The minimum atomic E-state index is -0.393. The maximum Gasteiger partial charge on any atom is 0.107 e. The monoisotopic (exact) mass is 208 g/mol. The molecule has 1 atom stereocenters. The second-order valence-electron chi connectivity index (χ2n) is 4.14. The molecule has 1 N–H and O–H groups in total. The Morgan fingerprint density at radius 3 is 2.93 bits per heavy atom. The molecule has 0 amide bonds. The van der Waals surface area contributed by atoms with Crippen LogP contribution in [0.5, 0.6) is 0 Å². The summed E-state index contributed by atoms with van der Waals surface area (Å²) in [5.41, 5.74) is 2.64. The molecule has 2 heteroatoms. The summed E-state index contributed by atoms with van der Waals surface area (Å²) in [6.45, 7) is 4.04. The molecule has 0 saturated heterocycles. The van der Waals surface area contributed by atoms with Gasteiger partial charge in [-0.15, -0.1) is 11.3 Å². The van der Waals surface area contributed by atoms with Crippen LogP contribution >= 0.6 is 11.3 Å². The van der Waals surface area contributed by atoms with Gasteiger partial charge in [0.25, 0.3) is 0 Å². The zero-order chi connectivity index (χ0) is 10.1. The van der Waals surface area contributed by atoms with E-state index < -0.39 is 6.10 Å². The average Bonchev–Trinajstić information content (AvgIpc) is 2.58. The number of fused-ring (bicyclic) bond motifs is 1. The van der Waals surface area contributed by atoms with Gasteiger partial charge in [-0.05, 0) is 44.7 Å². The van der Waals surface area contributed by atoms with Gasteiger partial charge in [0.15, 0.2) is 0 Å². The maximum absolute atomic E-state index is 9.88. The van der Waals surface area contributed by atoms with E-state index in [2.05, 4.69) is 6.07 Å². The molecule has 1 heterocycles. The van der Waals surface area contributed by atoms with E-state index in [0.29, 0.717) is 0 Å². The first-order chi connectivity index (χ1) is 6.66. The fraction of sp³-hybridized carbons (Fsp3) is 0.500. The van der Waals surface area contributed by atoms with Crippen molar-refractivity contribution in [1.82, 2.24) is 0 Å². The molecule has 14 heavy (non-hydrogen) atoms. The molecular weight excluding hydrogens is 192 g/mol. The highest BCUT2D eigenvalue weighted by Gasteiger charge is 2.17. The van der Waals surface area contributed by atoms with E-state index in [9.17, 15) is 5.11 Å². The molecule has 0 fully saturated rings. The highest BCUT2D eigenvalue weighted by Crippen LogP contribution is 2.34. The minimum Gasteiger partial charge on any atom is -0.383 e. The highest BCUT2D eigenvalue weighted by molar-refractivity contribution is 7.12. The summed E-state index contributed by atoms with van der Waals surface area (Å²) in [4.78, 5) is 2.59. The summed E-state index contributed by atoms with van der Waals surface area (Å²) in [5.74, 6) is 0. The number of aryl methyl sites for hydroxylation is 2. The molecular formula is C12H16OS. The van der Waals surface area contributed by atoms with Crippen LogP contribution in [0.1, 0.15) is 41.7 Å².